The van der Waals surface area contributed by atoms with Gasteiger partial charge >= 0.3 is 0 Å². The molecule has 0 spiro atoms. The molecule has 0 saturated heterocycles. The lowest BCUT2D eigenvalue weighted by molar-refractivity contribution is -0.119. The number of hydrogen-bond donors (Lipinski definition) is 2. The van der Waals surface area contributed by atoms with E-state index in [1.54, 1.807) is 43.5 Å². The highest BCUT2D eigenvalue weighted by molar-refractivity contribution is 6.09. The first-order chi connectivity index (χ1) is 15.4. The van der Waals surface area contributed by atoms with Gasteiger partial charge in [0.15, 0.2) is 0 Å². The summed E-state index contributed by atoms with van der Waals surface area (Å²) in [4.78, 5) is 24.9. The number of fused-ring (bicyclic) bond motifs is 1. The molecule has 2 N–H and O–H groups in total. The standard InChI is InChI=1S/C25H23FN2O4/c1-15(29)27-18-7-4-16(5-8-18)14-25(20-10-9-19(31-2)13-23(20)32-3)21-12-17(26)6-11-22(21)28-24(25)30/h4-13H,14H2,1-3H3,(H,27,29)(H,28,30). The molecule has 32 heavy (non-hydrogen) atoms. The van der Waals surface area contributed by atoms with Crippen LogP contribution in [0.15, 0.2) is 60.7 Å². The third-order valence-corrected chi connectivity index (χ3v) is 5.69. The van der Waals surface area contributed by atoms with Gasteiger partial charge in [0.1, 0.15) is 22.7 Å². The van der Waals surface area contributed by atoms with Gasteiger partial charge < -0.3 is 20.1 Å². The number of carbonyl (C=O) groups is 2. The van der Waals surface area contributed by atoms with Crippen molar-refractivity contribution >= 4 is 23.2 Å². The molecule has 2 amide bonds. The first-order valence-electron chi connectivity index (χ1n) is 10.1. The second-order valence-corrected chi connectivity index (χ2v) is 7.67. The molecule has 1 aliphatic heterocycles. The van der Waals surface area contributed by atoms with Gasteiger partial charge in [0, 0.05) is 29.9 Å². The Hall–Kier alpha value is -3.87. The molecule has 0 aromatic heterocycles. The van der Waals surface area contributed by atoms with E-state index >= 15 is 0 Å². The van der Waals surface area contributed by atoms with Gasteiger partial charge in [-0.25, -0.2) is 4.39 Å². The van der Waals surface area contributed by atoms with Crippen molar-refractivity contribution in [3.63, 3.8) is 0 Å². The highest BCUT2D eigenvalue weighted by Crippen LogP contribution is 2.49. The number of amides is 2. The van der Waals surface area contributed by atoms with Crippen molar-refractivity contribution in [1.82, 2.24) is 0 Å². The van der Waals surface area contributed by atoms with Crippen LogP contribution in [0.1, 0.15) is 23.6 Å². The van der Waals surface area contributed by atoms with Crippen LogP contribution in [-0.2, 0) is 21.4 Å². The summed E-state index contributed by atoms with van der Waals surface area (Å²) in [5, 5.41) is 5.63. The van der Waals surface area contributed by atoms with Crippen LogP contribution < -0.4 is 20.1 Å². The first kappa shape index (κ1) is 21.4. The maximum atomic E-state index is 14.3. The lowest BCUT2D eigenvalue weighted by atomic mass is 9.70. The Morgan fingerprint density at radius 2 is 1.75 bits per heavy atom. The summed E-state index contributed by atoms with van der Waals surface area (Å²) < 4.78 is 25.3. The van der Waals surface area contributed by atoms with Crippen molar-refractivity contribution in [2.45, 2.75) is 18.8 Å². The van der Waals surface area contributed by atoms with Crippen LogP contribution in [0.25, 0.3) is 0 Å². The summed E-state index contributed by atoms with van der Waals surface area (Å²) in [6.07, 6.45) is 0.262. The molecule has 0 aliphatic carbocycles. The molecule has 3 aromatic carbocycles. The summed E-state index contributed by atoms with van der Waals surface area (Å²) in [6, 6.07) is 16.8. The summed E-state index contributed by atoms with van der Waals surface area (Å²) in [6.45, 7) is 1.44. The molecule has 7 heteroatoms. The SMILES string of the molecule is COc1ccc(C2(Cc3ccc(NC(C)=O)cc3)C(=O)Nc3ccc(F)cc32)c(OC)c1. The molecule has 0 fully saturated rings. The zero-order valence-corrected chi connectivity index (χ0v) is 18.0. The number of hydrogen-bond acceptors (Lipinski definition) is 4. The number of methoxy groups -OCH3 is 2. The van der Waals surface area contributed by atoms with Gasteiger partial charge in [-0.15, -0.1) is 0 Å². The van der Waals surface area contributed by atoms with Crippen molar-refractivity contribution in [3.05, 3.63) is 83.2 Å². The predicted octanol–water partition coefficient (Wildman–Crippen LogP) is 4.28. The van der Waals surface area contributed by atoms with Gasteiger partial charge in [-0.05, 0) is 53.9 Å². The fourth-order valence-corrected chi connectivity index (χ4v) is 4.23. The van der Waals surface area contributed by atoms with Crippen molar-refractivity contribution in [2.75, 3.05) is 24.9 Å². The van der Waals surface area contributed by atoms with E-state index in [1.807, 2.05) is 12.1 Å². The van der Waals surface area contributed by atoms with Crippen LogP contribution >= 0.6 is 0 Å². The molecule has 164 valence electrons. The monoisotopic (exact) mass is 434 g/mol. The minimum Gasteiger partial charge on any atom is -0.497 e. The minimum atomic E-state index is -1.22. The summed E-state index contributed by atoms with van der Waals surface area (Å²) in [5.74, 6) is 0.173. The van der Waals surface area contributed by atoms with Crippen molar-refractivity contribution in [1.29, 1.82) is 0 Å². The quantitative estimate of drug-likeness (QED) is 0.607. The van der Waals surface area contributed by atoms with E-state index in [1.165, 1.54) is 26.2 Å². The molecule has 1 atom stereocenters. The van der Waals surface area contributed by atoms with Crippen LogP contribution in [0.3, 0.4) is 0 Å². The Labute approximate surface area is 185 Å². The van der Waals surface area contributed by atoms with Crippen LogP contribution in [0.2, 0.25) is 0 Å². The van der Waals surface area contributed by atoms with Gasteiger partial charge in [0.25, 0.3) is 0 Å². The molecule has 4 rings (SSSR count). The van der Waals surface area contributed by atoms with E-state index in [2.05, 4.69) is 10.6 Å². The molecule has 0 radical (unpaired) electrons. The summed E-state index contributed by atoms with van der Waals surface area (Å²) in [7, 11) is 3.07. The van der Waals surface area contributed by atoms with Crippen molar-refractivity contribution < 1.29 is 23.5 Å². The van der Waals surface area contributed by atoms with Crippen molar-refractivity contribution in [3.8, 4) is 11.5 Å². The van der Waals surface area contributed by atoms with E-state index < -0.39 is 11.2 Å². The number of nitrogens with one attached hydrogen (secondary N) is 2. The molecule has 0 saturated carbocycles. The number of ether oxygens (including phenoxy) is 2. The van der Waals surface area contributed by atoms with E-state index in [0.717, 1.165) is 5.56 Å². The summed E-state index contributed by atoms with van der Waals surface area (Å²) in [5.41, 5.74) is 1.98. The minimum absolute atomic E-state index is 0.170. The molecule has 3 aromatic rings. The van der Waals surface area contributed by atoms with E-state index in [4.69, 9.17) is 9.47 Å². The van der Waals surface area contributed by atoms with Crippen LogP contribution in [0, 0.1) is 5.82 Å². The zero-order chi connectivity index (χ0) is 22.9. The van der Waals surface area contributed by atoms with Gasteiger partial charge in [0.05, 0.1) is 14.2 Å². The van der Waals surface area contributed by atoms with E-state index in [0.29, 0.717) is 34.0 Å². The fourth-order valence-electron chi connectivity index (χ4n) is 4.23. The van der Waals surface area contributed by atoms with Gasteiger partial charge in [-0.3, -0.25) is 9.59 Å². The third kappa shape index (κ3) is 3.66. The maximum absolute atomic E-state index is 14.3. The first-order valence-corrected chi connectivity index (χ1v) is 10.1. The average molecular weight is 434 g/mol. The zero-order valence-electron chi connectivity index (χ0n) is 18.0. The molecule has 1 aliphatic rings. The number of halogens is 1. The number of anilines is 2. The second kappa shape index (κ2) is 8.34. The largest absolute Gasteiger partial charge is 0.497 e. The number of rotatable bonds is 6. The highest BCUT2D eigenvalue weighted by atomic mass is 19.1. The predicted molar refractivity (Wildman–Crippen MR) is 120 cm³/mol. The molecular formula is C25H23FN2O4. The van der Waals surface area contributed by atoms with Gasteiger partial charge in [-0.2, -0.15) is 0 Å². The normalized spacial score (nSPS) is 16.8. The smallest absolute Gasteiger partial charge is 0.240 e. The van der Waals surface area contributed by atoms with Crippen LogP contribution in [-0.4, -0.2) is 26.0 Å². The lowest BCUT2D eigenvalue weighted by Gasteiger charge is -2.30. The fraction of sp³-hybridized carbons (Fsp3) is 0.200. The second-order valence-electron chi connectivity index (χ2n) is 7.67. The van der Waals surface area contributed by atoms with E-state index in [9.17, 15) is 14.0 Å². The average Bonchev–Trinajstić information content (AvgIpc) is 3.05. The Bertz CT molecular complexity index is 1190. The molecule has 0 bridgehead atoms. The third-order valence-electron chi connectivity index (χ3n) is 5.69. The molecule has 1 unspecified atom stereocenters. The Kier molecular flexibility index (Phi) is 5.57. The summed E-state index contributed by atoms with van der Waals surface area (Å²) >= 11 is 0. The number of carbonyl (C=O) groups excluding carboxylic acids is 2. The molecular weight excluding hydrogens is 411 g/mol. The van der Waals surface area contributed by atoms with Crippen LogP contribution in [0.5, 0.6) is 11.5 Å². The molecule has 6 nitrogen and oxygen atoms in total. The molecule has 1 heterocycles. The maximum Gasteiger partial charge on any atom is 0.240 e. The van der Waals surface area contributed by atoms with E-state index in [-0.39, 0.29) is 18.2 Å². The Morgan fingerprint density at radius 1 is 1.00 bits per heavy atom. The Morgan fingerprint density at radius 3 is 2.41 bits per heavy atom. The topological polar surface area (TPSA) is 76.7 Å². The van der Waals surface area contributed by atoms with Crippen molar-refractivity contribution in [2.24, 2.45) is 0 Å². The van der Waals surface area contributed by atoms with Gasteiger partial charge in [-0.1, -0.05) is 18.2 Å². The van der Waals surface area contributed by atoms with Crippen LogP contribution in [0.4, 0.5) is 15.8 Å². The lowest BCUT2D eigenvalue weighted by Crippen LogP contribution is -2.38. The number of benzene rings is 3. The van der Waals surface area contributed by atoms with Gasteiger partial charge in [0.2, 0.25) is 11.8 Å². The highest BCUT2D eigenvalue weighted by Gasteiger charge is 2.50. The Balaban J connectivity index is 1.89.